The number of benzene rings is 3. The van der Waals surface area contributed by atoms with Crippen molar-refractivity contribution < 1.29 is 9.59 Å². The quantitative estimate of drug-likeness (QED) is 0.155. The van der Waals surface area contributed by atoms with Gasteiger partial charge in [0.25, 0.3) is 5.91 Å². The summed E-state index contributed by atoms with van der Waals surface area (Å²) in [6.45, 7) is 0.713. The summed E-state index contributed by atoms with van der Waals surface area (Å²) >= 11 is 3.55. The number of fused-ring (bicyclic) bond motifs is 2. The van der Waals surface area contributed by atoms with E-state index in [-0.39, 0.29) is 11.8 Å². The van der Waals surface area contributed by atoms with Crippen molar-refractivity contribution in [2.75, 3.05) is 0 Å². The van der Waals surface area contributed by atoms with Gasteiger partial charge in [-0.1, -0.05) is 58.4 Å². The minimum Gasteiger partial charge on any atom is -0.360 e. The summed E-state index contributed by atoms with van der Waals surface area (Å²) in [5.74, 6) is -0.413. The first-order valence-electron chi connectivity index (χ1n) is 13.5. The average molecular weight is 623 g/mol. The minimum absolute atomic E-state index is 0.182. The molecule has 6 N–H and O–H groups in total. The molecule has 0 aliphatic heterocycles. The van der Waals surface area contributed by atoms with Crippen molar-refractivity contribution in [2.24, 2.45) is 5.73 Å². The van der Waals surface area contributed by atoms with E-state index in [1.807, 2.05) is 79.0 Å². The molecule has 0 spiro atoms. The molecule has 1 unspecified atom stereocenters. The van der Waals surface area contributed by atoms with Gasteiger partial charge in [-0.05, 0) is 41.5 Å². The molecule has 10 heteroatoms. The van der Waals surface area contributed by atoms with Crippen LogP contribution in [0.15, 0.2) is 96.0 Å². The topological polar surface area (TPSA) is 142 Å². The van der Waals surface area contributed by atoms with E-state index >= 15 is 0 Å². The summed E-state index contributed by atoms with van der Waals surface area (Å²) in [5, 5.41) is 7.74. The molecule has 0 saturated carbocycles. The van der Waals surface area contributed by atoms with Crippen LogP contribution in [-0.4, -0.2) is 37.8 Å². The van der Waals surface area contributed by atoms with E-state index < -0.39 is 6.04 Å². The van der Waals surface area contributed by atoms with Crippen LogP contribution in [0.1, 0.15) is 27.2 Å². The molecule has 2 amide bonds. The van der Waals surface area contributed by atoms with Gasteiger partial charge in [0.1, 0.15) is 0 Å². The highest BCUT2D eigenvalue weighted by Gasteiger charge is 2.17. The number of amides is 2. The molecule has 3 aromatic heterocycles. The maximum Gasteiger partial charge on any atom is 0.252 e. The number of hydrogen-bond acceptors (Lipinski definition) is 5. The number of imidazole rings is 1. The van der Waals surface area contributed by atoms with Crippen LogP contribution < -0.4 is 16.4 Å². The van der Waals surface area contributed by atoms with Crippen molar-refractivity contribution in [3.05, 3.63) is 118 Å². The molecule has 6 rings (SSSR count). The molecule has 0 bridgehead atoms. The largest absolute Gasteiger partial charge is 0.360 e. The van der Waals surface area contributed by atoms with E-state index in [1.54, 1.807) is 12.5 Å². The third kappa shape index (κ3) is 5.95. The predicted molar refractivity (Wildman–Crippen MR) is 166 cm³/mol. The van der Waals surface area contributed by atoms with Crippen molar-refractivity contribution >= 4 is 49.6 Å². The SMILES string of the molecule is NC(Cc1cnc[nH]1)C(=O)NCc1ccc(CNC(=O)c2cc(-c3c[nH]c4ccc(Br)cc34)nc3ccccc23)cc1. The molecule has 3 heterocycles. The first kappa shape index (κ1) is 27.4. The molecule has 0 fully saturated rings. The lowest BCUT2D eigenvalue weighted by Crippen LogP contribution is -2.41. The Morgan fingerprint density at radius 3 is 2.43 bits per heavy atom. The number of para-hydroxylation sites is 1. The zero-order valence-corrected chi connectivity index (χ0v) is 24.1. The van der Waals surface area contributed by atoms with E-state index in [1.165, 1.54) is 0 Å². The molecule has 0 radical (unpaired) electrons. The van der Waals surface area contributed by atoms with Gasteiger partial charge in [0, 0.05) is 63.9 Å². The van der Waals surface area contributed by atoms with Gasteiger partial charge in [0.05, 0.1) is 29.1 Å². The Morgan fingerprint density at radius 1 is 0.905 bits per heavy atom. The molecular weight excluding hydrogens is 594 g/mol. The van der Waals surface area contributed by atoms with E-state index in [0.29, 0.717) is 25.1 Å². The summed E-state index contributed by atoms with van der Waals surface area (Å²) in [4.78, 5) is 40.9. The zero-order valence-electron chi connectivity index (χ0n) is 22.5. The molecule has 9 nitrogen and oxygen atoms in total. The monoisotopic (exact) mass is 621 g/mol. The van der Waals surface area contributed by atoms with Crippen LogP contribution >= 0.6 is 15.9 Å². The Labute approximate surface area is 250 Å². The third-order valence-corrected chi connectivity index (χ3v) is 7.65. The van der Waals surface area contributed by atoms with Gasteiger partial charge in [-0.2, -0.15) is 0 Å². The van der Waals surface area contributed by atoms with Gasteiger partial charge in [0.15, 0.2) is 0 Å². The fraction of sp³-hybridized carbons (Fsp3) is 0.125. The number of hydrogen-bond donors (Lipinski definition) is 5. The lowest BCUT2D eigenvalue weighted by Gasteiger charge is -2.12. The number of carbonyl (C=O) groups excluding carboxylic acids is 2. The second kappa shape index (κ2) is 12.0. The summed E-state index contributed by atoms with van der Waals surface area (Å²) in [7, 11) is 0. The first-order chi connectivity index (χ1) is 20.4. The number of rotatable bonds is 9. The van der Waals surface area contributed by atoms with Gasteiger partial charge >= 0.3 is 0 Å². The molecule has 210 valence electrons. The van der Waals surface area contributed by atoms with Crippen LogP contribution in [0.5, 0.6) is 0 Å². The lowest BCUT2D eigenvalue weighted by atomic mass is 10.0. The molecule has 0 aliphatic rings. The minimum atomic E-state index is -0.664. The highest BCUT2D eigenvalue weighted by Crippen LogP contribution is 2.32. The van der Waals surface area contributed by atoms with Gasteiger partial charge < -0.3 is 26.3 Å². The number of nitrogens with zero attached hydrogens (tertiary/aromatic N) is 2. The predicted octanol–water partition coefficient (Wildman–Crippen LogP) is 4.98. The van der Waals surface area contributed by atoms with Crippen LogP contribution in [0, 0.1) is 0 Å². The van der Waals surface area contributed by atoms with Crippen LogP contribution in [0.2, 0.25) is 0 Å². The number of nitrogens with one attached hydrogen (secondary N) is 4. The summed E-state index contributed by atoms with van der Waals surface area (Å²) in [6, 6.07) is 22.6. The number of H-pyrrole nitrogens is 2. The van der Waals surface area contributed by atoms with Crippen molar-refractivity contribution in [2.45, 2.75) is 25.6 Å². The maximum atomic E-state index is 13.5. The lowest BCUT2D eigenvalue weighted by molar-refractivity contribution is -0.122. The Balaban J connectivity index is 1.13. The second-order valence-corrected chi connectivity index (χ2v) is 11.0. The number of carbonyl (C=O) groups is 2. The number of aromatic nitrogens is 4. The highest BCUT2D eigenvalue weighted by atomic mass is 79.9. The van der Waals surface area contributed by atoms with Crippen molar-refractivity contribution in [1.82, 2.24) is 30.6 Å². The molecule has 42 heavy (non-hydrogen) atoms. The van der Waals surface area contributed by atoms with Crippen LogP contribution in [-0.2, 0) is 24.3 Å². The van der Waals surface area contributed by atoms with Crippen molar-refractivity contribution in [1.29, 1.82) is 0 Å². The van der Waals surface area contributed by atoms with E-state index in [4.69, 9.17) is 10.7 Å². The zero-order chi connectivity index (χ0) is 29.1. The molecule has 0 aliphatic carbocycles. The number of nitrogens with two attached hydrogens (primary N) is 1. The summed E-state index contributed by atoms with van der Waals surface area (Å²) < 4.78 is 0.969. The van der Waals surface area contributed by atoms with Crippen molar-refractivity contribution in [3.63, 3.8) is 0 Å². The fourth-order valence-electron chi connectivity index (χ4n) is 4.90. The van der Waals surface area contributed by atoms with Crippen LogP contribution in [0.4, 0.5) is 0 Å². The standard InChI is InChI=1S/C32H28BrN7O2/c33-21-9-10-28-24(11-21)26(17-36-28)30-13-25(23-3-1-2-4-29(23)40-30)31(41)37-14-19-5-7-20(8-6-19)15-38-32(42)27(34)12-22-16-35-18-39-22/h1-11,13,16-18,27,36H,12,14-15,34H2,(H,35,39)(H,37,41)(H,38,42). The number of halogens is 1. The van der Waals surface area contributed by atoms with E-state index in [0.717, 1.165) is 54.4 Å². The molecular formula is C32H28BrN7O2. The van der Waals surface area contributed by atoms with Crippen LogP contribution in [0.25, 0.3) is 33.1 Å². The van der Waals surface area contributed by atoms with Gasteiger partial charge in [0.2, 0.25) is 5.91 Å². The highest BCUT2D eigenvalue weighted by molar-refractivity contribution is 9.10. The summed E-state index contributed by atoms with van der Waals surface area (Å²) in [6.07, 6.45) is 5.53. The van der Waals surface area contributed by atoms with Crippen LogP contribution in [0.3, 0.4) is 0 Å². The normalized spacial score (nSPS) is 12.0. The molecule has 1 atom stereocenters. The van der Waals surface area contributed by atoms with Gasteiger partial charge in [-0.3, -0.25) is 9.59 Å². The third-order valence-electron chi connectivity index (χ3n) is 7.15. The maximum absolute atomic E-state index is 13.5. The molecule has 0 saturated heterocycles. The number of pyridine rings is 1. The van der Waals surface area contributed by atoms with Crippen molar-refractivity contribution in [3.8, 4) is 11.3 Å². The van der Waals surface area contributed by atoms with E-state index in [2.05, 4.69) is 41.5 Å². The number of aromatic amines is 2. The Hall–Kier alpha value is -4.80. The Morgan fingerprint density at radius 2 is 1.67 bits per heavy atom. The second-order valence-electron chi connectivity index (χ2n) is 10.1. The first-order valence-corrected chi connectivity index (χ1v) is 14.3. The fourth-order valence-corrected chi connectivity index (χ4v) is 5.27. The summed E-state index contributed by atoms with van der Waals surface area (Å²) in [5.41, 5.74) is 12.6. The van der Waals surface area contributed by atoms with Gasteiger partial charge in [-0.15, -0.1) is 0 Å². The average Bonchev–Trinajstić information content (AvgIpc) is 3.68. The van der Waals surface area contributed by atoms with Gasteiger partial charge in [-0.25, -0.2) is 9.97 Å². The Kier molecular flexibility index (Phi) is 7.81. The van der Waals surface area contributed by atoms with E-state index in [9.17, 15) is 9.59 Å². The smallest absolute Gasteiger partial charge is 0.252 e. The molecule has 6 aromatic rings. The molecule has 3 aromatic carbocycles. The Bertz CT molecular complexity index is 1880.